The van der Waals surface area contributed by atoms with Crippen LogP contribution in [-0.2, 0) is 5.75 Å². The zero-order valence-electron chi connectivity index (χ0n) is 12.5. The molecule has 3 nitrogen and oxygen atoms in total. The van der Waals surface area contributed by atoms with Gasteiger partial charge in [0.05, 0.1) is 5.75 Å². The van der Waals surface area contributed by atoms with Gasteiger partial charge in [0, 0.05) is 29.5 Å². The first-order valence-electron chi connectivity index (χ1n) is 7.17. The number of thioether (sulfide) groups is 1. The van der Waals surface area contributed by atoms with Crippen molar-refractivity contribution in [2.24, 2.45) is 0 Å². The maximum atomic E-state index is 4.79. The van der Waals surface area contributed by atoms with E-state index in [0.29, 0.717) is 5.92 Å². The Hall–Kier alpha value is -0.770. The molecule has 0 saturated heterocycles. The van der Waals surface area contributed by atoms with Crippen LogP contribution in [0.15, 0.2) is 6.07 Å². The number of nitrogens with zero attached hydrogens (tertiary/aromatic N) is 2. The van der Waals surface area contributed by atoms with Crippen molar-refractivity contribution >= 4 is 17.6 Å². The molecular weight excluding hydrogens is 254 g/mol. The van der Waals surface area contributed by atoms with Gasteiger partial charge in [-0.15, -0.1) is 11.8 Å². The van der Waals surface area contributed by atoms with E-state index in [-0.39, 0.29) is 4.75 Å². The van der Waals surface area contributed by atoms with Crippen LogP contribution in [0.4, 0.5) is 5.82 Å². The number of aromatic nitrogens is 2. The highest BCUT2D eigenvalue weighted by atomic mass is 32.2. The fraction of sp³-hybridized carbons (Fsp3) is 0.733. The van der Waals surface area contributed by atoms with Gasteiger partial charge in [-0.3, -0.25) is 0 Å². The van der Waals surface area contributed by atoms with E-state index < -0.39 is 0 Å². The molecule has 1 aromatic heterocycles. The van der Waals surface area contributed by atoms with Crippen LogP contribution in [0, 0.1) is 0 Å². The van der Waals surface area contributed by atoms with Crippen LogP contribution in [0.1, 0.15) is 63.9 Å². The molecule has 2 rings (SSSR count). The van der Waals surface area contributed by atoms with E-state index in [4.69, 9.17) is 4.98 Å². The molecule has 1 fully saturated rings. The number of hydrogen-bond acceptors (Lipinski definition) is 4. The SMILES string of the molecule is CNc1cc(C2CCCC2)nc(CSC(C)(C)C)n1. The average Bonchev–Trinajstić information content (AvgIpc) is 2.89. The lowest BCUT2D eigenvalue weighted by molar-refractivity contribution is 0.688. The van der Waals surface area contributed by atoms with Gasteiger partial charge in [-0.25, -0.2) is 9.97 Å². The Morgan fingerprint density at radius 1 is 1.26 bits per heavy atom. The molecule has 19 heavy (non-hydrogen) atoms. The summed E-state index contributed by atoms with van der Waals surface area (Å²) in [6.07, 6.45) is 5.25. The predicted octanol–water partition coefficient (Wildman–Crippen LogP) is 4.21. The molecule has 0 amide bonds. The van der Waals surface area contributed by atoms with Crippen LogP contribution < -0.4 is 5.32 Å². The molecular formula is C15H25N3S. The van der Waals surface area contributed by atoms with Gasteiger partial charge in [0.2, 0.25) is 0 Å². The zero-order chi connectivity index (χ0) is 13.9. The highest BCUT2D eigenvalue weighted by molar-refractivity contribution is 7.99. The molecule has 1 N–H and O–H groups in total. The summed E-state index contributed by atoms with van der Waals surface area (Å²) in [4.78, 5) is 9.38. The Kier molecular flexibility index (Phi) is 4.71. The van der Waals surface area contributed by atoms with Crippen molar-refractivity contribution in [1.82, 2.24) is 9.97 Å². The van der Waals surface area contributed by atoms with E-state index in [1.165, 1.54) is 31.4 Å². The minimum Gasteiger partial charge on any atom is -0.373 e. The molecule has 0 bridgehead atoms. The highest BCUT2D eigenvalue weighted by Gasteiger charge is 2.20. The van der Waals surface area contributed by atoms with E-state index in [0.717, 1.165) is 17.4 Å². The molecule has 0 spiro atoms. The van der Waals surface area contributed by atoms with Crippen molar-refractivity contribution in [2.45, 2.75) is 62.9 Å². The topological polar surface area (TPSA) is 37.8 Å². The van der Waals surface area contributed by atoms with Crippen LogP contribution >= 0.6 is 11.8 Å². The maximum Gasteiger partial charge on any atom is 0.140 e. The molecule has 0 aromatic carbocycles. The smallest absolute Gasteiger partial charge is 0.140 e. The van der Waals surface area contributed by atoms with E-state index in [2.05, 4.69) is 37.1 Å². The molecule has 1 saturated carbocycles. The van der Waals surface area contributed by atoms with Gasteiger partial charge in [0.15, 0.2) is 0 Å². The van der Waals surface area contributed by atoms with Crippen molar-refractivity contribution in [3.8, 4) is 0 Å². The highest BCUT2D eigenvalue weighted by Crippen LogP contribution is 2.34. The number of anilines is 1. The maximum absolute atomic E-state index is 4.79. The minimum absolute atomic E-state index is 0.256. The Morgan fingerprint density at radius 2 is 1.95 bits per heavy atom. The van der Waals surface area contributed by atoms with Gasteiger partial charge < -0.3 is 5.32 Å². The molecule has 1 heterocycles. The summed E-state index contributed by atoms with van der Waals surface area (Å²) in [6, 6.07) is 2.13. The van der Waals surface area contributed by atoms with Crippen LogP contribution in [0.25, 0.3) is 0 Å². The average molecular weight is 279 g/mol. The quantitative estimate of drug-likeness (QED) is 0.896. The third-order valence-electron chi connectivity index (χ3n) is 3.46. The lowest BCUT2D eigenvalue weighted by atomic mass is 10.0. The molecule has 0 atom stereocenters. The number of hydrogen-bond donors (Lipinski definition) is 1. The van der Waals surface area contributed by atoms with Gasteiger partial charge in [-0.05, 0) is 12.8 Å². The van der Waals surface area contributed by atoms with E-state index in [1.807, 2.05) is 18.8 Å². The second-order valence-corrected chi connectivity index (χ2v) is 8.03. The fourth-order valence-electron chi connectivity index (χ4n) is 2.42. The number of nitrogens with one attached hydrogen (secondary N) is 1. The van der Waals surface area contributed by atoms with E-state index in [1.54, 1.807) is 0 Å². The van der Waals surface area contributed by atoms with Crippen molar-refractivity contribution < 1.29 is 0 Å². The summed E-state index contributed by atoms with van der Waals surface area (Å²) in [6.45, 7) is 6.70. The molecule has 1 aliphatic carbocycles. The third kappa shape index (κ3) is 4.37. The summed E-state index contributed by atoms with van der Waals surface area (Å²) in [7, 11) is 1.93. The van der Waals surface area contributed by atoms with E-state index >= 15 is 0 Å². The summed E-state index contributed by atoms with van der Waals surface area (Å²) in [5.74, 6) is 3.46. The normalized spacial score (nSPS) is 16.8. The molecule has 1 aromatic rings. The first-order valence-corrected chi connectivity index (χ1v) is 8.16. The van der Waals surface area contributed by atoms with Crippen LogP contribution in [0.2, 0.25) is 0 Å². The van der Waals surface area contributed by atoms with Crippen molar-refractivity contribution in [3.63, 3.8) is 0 Å². The second kappa shape index (κ2) is 6.12. The van der Waals surface area contributed by atoms with Gasteiger partial charge in [-0.1, -0.05) is 33.6 Å². The molecule has 1 aliphatic rings. The van der Waals surface area contributed by atoms with Crippen molar-refractivity contribution in [1.29, 1.82) is 0 Å². The predicted molar refractivity (Wildman–Crippen MR) is 83.8 cm³/mol. The van der Waals surface area contributed by atoms with Crippen molar-refractivity contribution in [3.05, 3.63) is 17.6 Å². The fourth-order valence-corrected chi connectivity index (χ4v) is 3.11. The summed E-state index contributed by atoms with van der Waals surface area (Å²) >= 11 is 1.90. The molecule has 4 heteroatoms. The Labute approximate surface area is 121 Å². The van der Waals surface area contributed by atoms with Gasteiger partial charge in [-0.2, -0.15) is 0 Å². The van der Waals surface area contributed by atoms with Gasteiger partial charge in [0.25, 0.3) is 0 Å². The monoisotopic (exact) mass is 279 g/mol. The van der Waals surface area contributed by atoms with Gasteiger partial charge >= 0.3 is 0 Å². The first-order chi connectivity index (χ1) is 8.98. The Bertz CT molecular complexity index is 420. The minimum atomic E-state index is 0.256. The molecule has 0 unspecified atom stereocenters. The van der Waals surface area contributed by atoms with Crippen LogP contribution in [0.5, 0.6) is 0 Å². The second-order valence-electron chi connectivity index (χ2n) is 6.23. The molecule has 0 aliphatic heterocycles. The van der Waals surface area contributed by atoms with Crippen LogP contribution in [-0.4, -0.2) is 21.8 Å². The molecule has 106 valence electrons. The van der Waals surface area contributed by atoms with Gasteiger partial charge in [0.1, 0.15) is 11.6 Å². The lowest BCUT2D eigenvalue weighted by Gasteiger charge is -2.18. The zero-order valence-corrected chi connectivity index (χ0v) is 13.3. The first kappa shape index (κ1) is 14.6. The summed E-state index contributed by atoms with van der Waals surface area (Å²) in [5.41, 5.74) is 1.24. The van der Waals surface area contributed by atoms with Crippen LogP contribution in [0.3, 0.4) is 0 Å². The number of rotatable bonds is 4. The standard InChI is InChI=1S/C15H25N3S/c1-15(2,3)19-10-14-17-12(9-13(16-4)18-14)11-7-5-6-8-11/h9,11H,5-8,10H2,1-4H3,(H,16,17,18). The van der Waals surface area contributed by atoms with Crippen molar-refractivity contribution in [2.75, 3.05) is 12.4 Å². The Morgan fingerprint density at radius 3 is 2.53 bits per heavy atom. The molecule has 0 radical (unpaired) electrons. The Balaban J connectivity index is 2.15. The summed E-state index contributed by atoms with van der Waals surface area (Å²) in [5, 5.41) is 3.17. The lowest BCUT2D eigenvalue weighted by Crippen LogP contribution is -2.10. The largest absolute Gasteiger partial charge is 0.373 e. The summed E-state index contributed by atoms with van der Waals surface area (Å²) < 4.78 is 0.256. The third-order valence-corrected chi connectivity index (χ3v) is 4.72. The van der Waals surface area contributed by atoms with E-state index in [9.17, 15) is 0 Å².